The molecule has 1 fully saturated rings. The Morgan fingerprint density at radius 3 is 2.71 bits per heavy atom. The van der Waals surface area contributed by atoms with Gasteiger partial charge < -0.3 is 10.4 Å². The summed E-state index contributed by atoms with van der Waals surface area (Å²) in [6, 6.07) is 10.2. The molecule has 1 aliphatic carbocycles. The van der Waals surface area contributed by atoms with Crippen LogP contribution in [0.1, 0.15) is 41.6 Å². The number of aliphatic hydroxyl groups excluding tert-OH is 1. The zero-order chi connectivity index (χ0) is 20.3. The summed E-state index contributed by atoms with van der Waals surface area (Å²) in [6.45, 7) is 1.60. The predicted octanol–water partition coefficient (Wildman–Crippen LogP) is 3.71. The second-order valence-electron chi connectivity index (χ2n) is 7.41. The number of benzene rings is 2. The third-order valence-corrected chi connectivity index (χ3v) is 6.96. The van der Waals surface area contributed by atoms with Crippen molar-refractivity contribution >= 4 is 21.4 Å². The Bertz CT molecular complexity index is 974. The SMILES string of the molecule is Cc1cc(NC(=O)c2cccc(S(=O)(=O)CC3CCCC(O)C3)c2)ccc1F. The largest absolute Gasteiger partial charge is 0.393 e. The normalized spacial score (nSPS) is 20.0. The Kier molecular flexibility index (Phi) is 6.15. The molecule has 0 aromatic heterocycles. The van der Waals surface area contributed by atoms with Crippen LogP contribution in [0.2, 0.25) is 0 Å². The maximum atomic E-state index is 13.4. The van der Waals surface area contributed by atoms with E-state index in [1.54, 1.807) is 6.92 Å². The summed E-state index contributed by atoms with van der Waals surface area (Å²) >= 11 is 0. The van der Waals surface area contributed by atoms with Crippen LogP contribution in [0.4, 0.5) is 10.1 Å². The van der Waals surface area contributed by atoms with E-state index in [0.717, 1.165) is 19.3 Å². The van der Waals surface area contributed by atoms with Crippen molar-refractivity contribution in [3.8, 4) is 0 Å². The average Bonchev–Trinajstić information content (AvgIpc) is 2.64. The van der Waals surface area contributed by atoms with Crippen molar-refractivity contribution < 1.29 is 22.7 Å². The number of amides is 1. The van der Waals surface area contributed by atoms with Gasteiger partial charge in [0.05, 0.1) is 16.8 Å². The lowest BCUT2D eigenvalue weighted by Gasteiger charge is -2.25. The molecule has 2 N–H and O–H groups in total. The summed E-state index contributed by atoms with van der Waals surface area (Å²) in [7, 11) is -3.57. The zero-order valence-electron chi connectivity index (χ0n) is 15.7. The molecule has 0 bridgehead atoms. The highest BCUT2D eigenvalue weighted by Gasteiger charge is 2.27. The number of hydrogen-bond acceptors (Lipinski definition) is 4. The van der Waals surface area contributed by atoms with Gasteiger partial charge in [-0.2, -0.15) is 0 Å². The van der Waals surface area contributed by atoms with Crippen molar-refractivity contribution in [2.45, 2.75) is 43.6 Å². The lowest BCUT2D eigenvalue weighted by atomic mass is 9.89. The Labute approximate surface area is 164 Å². The average molecular weight is 405 g/mol. The first-order valence-corrected chi connectivity index (χ1v) is 11.0. The number of aryl methyl sites for hydroxylation is 1. The number of anilines is 1. The number of sulfone groups is 1. The summed E-state index contributed by atoms with van der Waals surface area (Å²) in [6.07, 6.45) is 2.37. The minimum absolute atomic E-state index is 0.0354. The van der Waals surface area contributed by atoms with Crippen LogP contribution in [-0.2, 0) is 9.84 Å². The van der Waals surface area contributed by atoms with Gasteiger partial charge in [-0.25, -0.2) is 12.8 Å². The van der Waals surface area contributed by atoms with E-state index in [9.17, 15) is 22.7 Å². The molecule has 2 aromatic rings. The molecule has 1 aliphatic rings. The van der Waals surface area contributed by atoms with Crippen LogP contribution in [0.5, 0.6) is 0 Å². The molecule has 0 heterocycles. The molecule has 1 amide bonds. The van der Waals surface area contributed by atoms with Gasteiger partial charge in [0, 0.05) is 11.3 Å². The van der Waals surface area contributed by atoms with Crippen LogP contribution >= 0.6 is 0 Å². The second-order valence-corrected chi connectivity index (χ2v) is 9.45. The van der Waals surface area contributed by atoms with Crippen LogP contribution in [0.25, 0.3) is 0 Å². The summed E-state index contributed by atoms with van der Waals surface area (Å²) in [5.41, 5.74) is 1.06. The minimum Gasteiger partial charge on any atom is -0.393 e. The van der Waals surface area contributed by atoms with Gasteiger partial charge in [0.15, 0.2) is 9.84 Å². The topological polar surface area (TPSA) is 83.5 Å². The standard InChI is InChI=1S/C21H24FNO4S/c1-14-10-17(8-9-20(14)22)23-21(25)16-5-3-7-19(12-16)28(26,27)13-15-4-2-6-18(24)11-15/h3,5,7-10,12,15,18,24H,2,4,6,11,13H2,1H3,(H,23,25). The van der Waals surface area contributed by atoms with Crippen molar-refractivity contribution in [1.29, 1.82) is 0 Å². The van der Waals surface area contributed by atoms with Crippen molar-refractivity contribution in [3.05, 3.63) is 59.4 Å². The maximum absolute atomic E-state index is 13.4. The van der Waals surface area contributed by atoms with E-state index in [-0.39, 0.29) is 27.9 Å². The predicted molar refractivity (Wildman–Crippen MR) is 106 cm³/mol. The zero-order valence-corrected chi connectivity index (χ0v) is 16.5. The lowest BCUT2D eigenvalue weighted by Crippen LogP contribution is -2.25. The molecule has 0 saturated heterocycles. The maximum Gasteiger partial charge on any atom is 0.255 e. The number of carbonyl (C=O) groups is 1. The van der Waals surface area contributed by atoms with Crippen LogP contribution in [0, 0.1) is 18.7 Å². The molecule has 0 radical (unpaired) electrons. The minimum atomic E-state index is -3.57. The van der Waals surface area contributed by atoms with E-state index in [1.165, 1.54) is 42.5 Å². The number of aliphatic hydroxyl groups is 1. The van der Waals surface area contributed by atoms with Crippen LogP contribution < -0.4 is 5.32 Å². The third-order valence-electron chi connectivity index (χ3n) is 5.08. The molecule has 0 spiro atoms. The van der Waals surface area contributed by atoms with E-state index >= 15 is 0 Å². The summed E-state index contributed by atoms with van der Waals surface area (Å²) in [4.78, 5) is 12.6. The van der Waals surface area contributed by atoms with Crippen LogP contribution in [-0.4, -0.2) is 31.3 Å². The van der Waals surface area contributed by atoms with Gasteiger partial charge in [0.1, 0.15) is 5.82 Å². The molecule has 5 nitrogen and oxygen atoms in total. The number of carbonyl (C=O) groups excluding carboxylic acids is 1. The van der Waals surface area contributed by atoms with Crippen molar-refractivity contribution in [2.75, 3.05) is 11.1 Å². The van der Waals surface area contributed by atoms with Gasteiger partial charge in [-0.05, 0) is 74.1 Å². The first kappa shape index (κ1) is 20.5. The molecular weight excluding hydrogens is 381 g/mol. The molecule has 2 atom stereocenters. The van der Waals surface area contributed by atoms with E-state index in [2.05, 4.69) is 5.32 Å². The highest BCUT2D eigenvalue weighted by Crippen LogP contribution is 2.28. The lowest BCUT2D eigenvalue weighted by molar-refractivity contribution is 0.102. The summed E-state index contributed by atoms with van der Waals surface area (Å²) in [5.74, 6) is -0.935. The number of nitrogens with one attached hydrogen (secondary N) is 1. The Hall–Kier alpha value is -2.25. The molecule has 2 aromatic carbocycles. The molecule has 150 valence electrons. The van der Waals surface area contributed by atoms with Gasteiger partial charge in [-0.1, -0.05) is 12.5 Å². The Morgan fingerprint density at radius 2 is 2.00 bits per heavy atom. The fourth-order valence-electron chi connectivity index (χ4n) is 3.58. The quantitative estimate of drug-likeness (QED) is 0.794. The number of rotatable bonds is 5. The third kappa shape index (κ3) is 4.97. The molecular formula is C21H24FNO4S. The first-order valence-electron chi connectivity index (χ1n) is 9.33. The fraction of sp³-hybridized carbons (Fsp3) is 0.381. The highest BCUT2D eigenvalue weighted by molar-refractivity contribution is 7.91. The molecule has 3 rings (SSSR count). The molecule has 0 aliphatic heterocycles. The second kappa shape index (κ2) is 8.41. The van der Waals surface area contributed by atoms with Crippen molar-refractivity contribution in [3.63, 3.8) is 0 Å². The van der Waals surface area contributed by atoms with Crippen molar-refractivity contribution in [1.82, 2.24) is 0 Å². The van der Waals surface area contributed by atoms with Crippen LogP contribution in [0.15, 0.2) is 47.4 Å². The van der Waals surface area contributed by atoms with E-state index in [1.807, 2.05) is 0 Å². The summed E-state index contributed by atoms with van der Waals surface area (Å²) < 4.78 is 38.9. The van der Waals surface area contributed by atoms with E-state index < -0.39 is 21.8 Å². The Morgan fingerprint density at radius 1 is 1.21 bits per heavy atom. The van der Waals surface area contributed by atoms with Gasteiger partial charge >= 0.3 is 0 Å². The van der Waals surface area contributed by atoms with Gasteiger partial charge in [-0.15, -0.1) is 0 Å². The van der Waals surface area contributed by atoms with Gasteiger partial charge in [0.25, 0.3) is 5.91 Å². The van der Waals surface area contributed by atoms with E-state index in [4.69, 9.17) is 0 Å². The molecule has 28 heavy (non-hydrogen) atoms. The monoisotopic (exact) mass is 405 g/mol. The number of halogens is 1. The highest BCUT2D eigenvalue weighted by atomic mass is 32.2. The summed E-state index contributed by atoms with van der Waals surface area (Å²) in [5, 5.41) is 12.4. The van der Waals surface area contributed by atoms with Gasteiger partial charge in [-0.3, -0.25) is 4.79 Å². The molecule has 1 saturated carbocycles. The fourth-order valence-corrected chi connectivity index (χ4v) is 5.29. The smallest absolute Gasteiger partial charge is 0.255 e. The van der Waals surface area contributed by atoms with Gasteiger partial charge in [0.2, 0.25) is 0 Å². The first-order chi connectivity index (χ1) is 13.2. The number of hydrogen-bond donors (Lipinski definition) is 2. The van der Waals surface area contributed by atoms with Crippen LogP contribution in [0.3, 0.4) is 0 Å². The molecule has 7 heteroatoms. The Balaban J connectivity index is 1.75. The van der Waals surface area contributed by atoms with E-state index in [0.29, 0.717) is 17.7 Å². The van der Waals surface area contributed by atoms with Crippen molar-refractivity contribution in [2.24, 2.45) is 5.92 Å². The molecule has 2 unspecified atom stereocenters.